The van der Waals surface area contributed by atoms with E-state index < -0.39 is 0 Å². The summed E-state index contributed by atoms with van der Waals surface area (Å²) in [5, 5.41) is 18.7. The van der Waals surface area contributed by atoms with Crippen LogP contribution in [-0.2, 0) is 0 Å². The summed E-state index contributed by atoms with van der Waals surface area (Å²) >= 11 is 0. The van der Waals surface area contributed by atoms with E-state index in [0.717, 1.165) is 6.42 Å². The Morgan fingerprint density at radius 1 is 0.765 bits per heavy atom. The van der Waals surface area contributed by atoms with Crippen LogP contribution in [0.1, 0.15) is 29.4 Å². The normalized spacial score (nSPS) is 22.4. The second-order valence-corrected chi connectivity index (χ2v) is 4.64. The van der Waals surface area contributed by atoms with Crippen LogP contribution in [-0.4, -0.2) is 10.2 Å². The third-order valence-electron chi connectivity index (χ3n) is 3.41. The maximum atomic E-state index is 9.45. The fraction of sp³-hybridized carbons (Fsp3) is 0.200. The third-order valence-corrected chi connectivity index (χ3v) is 3.41. The molecule has 2 nitrogen and oxygen atoms in total. The average Bonchev–Trinajstić information content (AvgIpc) is 3.10. The lowest BCUT2D eigenvalue weighted by Gasteiger charge is -2.02. The van der Waals surface area contributed by atoms with Crippen molar-refractivity contribution in [1.82, 2.24) is 0 Å². The molecule has 0 bridgehead atoms. The van der Waals surface area contributed by atoms with E-state index in [4.69, 9.17) is 0 Å². The third kappa shape index (κ3) is 1.98. The Morgan fingerprint density at radius 3 is 2.18 bits per heavy atom. The molecule has 1 saturated carbocycles. The van der Waals surface area contributed by atoms with Crippen LogP contribution in [0.2, 0.25) is 0 Å². The zero-order valence-electron chi connectivity index (χ0n) is 9.38. The molecule has 1 aliphatic carbocycles. The number of rotatable bonds is 2. The van der Waals surface area contributed by atoms with Gasteiger partial charge in [0.1, 0.15) is 11.5 Å². The fourth-order valence-electron chi connectivity index (χ4n) is 2.41. The van der Waals surface area contributed by atoms with Gasteiger partial charge in [0.25, 0.3) is 0 Å². The minimum atomic E-state index is 0.309. The van der Waals surface area contributed by atoms with Gasteiger partial charge in [-0.1, -0.05) is 24.3 Å². The highest BCUT2D eigenvalue weighted by atomic mass is 16.3. The molecular weight excluding hydrogens is 212 g/mol. The molecule has 0 aliphatic heterocycles. The molecular formula is C15H14O2. The highest BCUT2D eigenvalue weighted by molar-refractivity contribution is 5.40. The largest absolute Gasteiger partial charge is 0.508 e. The molecule has 86 valence electrons. The van der Waals surface area contributed by atoms with Gasteiger partial charge in [0, 0.05) is 0 Å². The van der Waals surface area contributed by atoms with Gasteiger partial charge in [0.15, 0.2) is 0 Å². The molecule has 3 rings (SSSR count). The van der Waals surface area contributed by atoms with E-state index in [1.807, 2.05) is 24.3 Å². The van der Waals surface area contributed by atoms with E-state index >= 15 is 0 Å². The smallest absolute Gasteiger partial charge is 0.115 e. The van der Waals surface area contributed by atoms with Crippen molar-refractivity contribution in [3.05, 3.63) is 59.7 Å². The second-order valence-electron chi connectivity index (χ2n) is 4.64. The van der Waals surface area contributed by atoms with Crippen molar-refractivity contribution in [3.63, 3.8) is 0 Å². The second kappa shape index (κ2) is 3.81. The first kappa shape index (κ1) is 10.2. The predicted molar refractivity (Wildman–Crippen MR) is 66.3 cm³/mol. The molecule has 2 N–H and O–H groups in total. The van der Waals surface area contributed by atoms with Crippen LogP contribution < -0.4 is 0 Å². The summed E-state index contributed by atoms with van der Waals surface area (Å²) in [6.45, 7) is 0. The first-order valence-electron chi connectivity index (χ1n) is 5.82. The minimum absolute atomic E-state index is 0.309. The molecule has 0 radical (unpaired) electrons. The summed E-state index contributed by atoms with van der Waals surface area (Å²) in [6, 6.07) is 14.9. The summed E-state index contributed by atoms with van der Waals surface area (Å²) in [5.41, 5.74) is 2.46. The SMILES string of the molecule is Oc1ccc(C2CC2c2cccc(O)c2)cc1. The Kier molecular flexibility index (Phi) is 2.29. The van der Waals surface area contributed by atoms with Crippen molar-refractivity contribution in [2.24, 2.45) is 0 Å². The number of phenols is 2. The molecule has 2 atom stereocenters. The highest BCUT2D eigenvalue weighted by Gasteiger charge is 2.39. The van der Waals surface area contributed by atoms with Crippen molar-refractivity contribution in [3.8, 4) is 11.5 Å². The zero-order valence-corrected chi connectivity index (χ0v) is 9.38. The van der Waals surface area contributed by atoms with Crippen LogP contribution in [0.3, 0.4) is 0 Å². The Bertz CT molecular complexity index is 531. The monoisotopic (exact) mass is 226 g/mol. The molecule has 2 unspecified atom stereocenters. The van der Waals surface area contributed by atoms with Crippen LogP contribution >= 0.6 is 0 Å². The van der Waals surface area contributed by atoms with Gasteiger partial charge in [-0.25, -0.2) is 0 Å². The molecule has 17 heavy (non-hydrogen) atoms. The summed E-state index contributed by atoms with van der Waals surface area (Å²) in [5.74, 6) is 1.67. The summed E-state index contributed by atoms with van der Waals surface area (Å²) in [7, 11) is 0. The Labute approximate surface area is 100 Å². The molecule has 0 amide bonds. The van der Waals surface area contributed by atoms with Gasteiger partial charge in [-0.05, 0) is 53.6 Å². The lowest BCUT2D eigenvalue weighted by atomic mass is 10.0. The van der Waals surface area contributed by atoms with E-state index in [2.05, 4.69) is 6.07 Å². The fourth-order valence-corrected chi connectivity index (χ4v) is 2.41. The van der Waals surface area contributed by atoms with Gasteiger partial charge < -0.3 is 10.2 Å². The standard InChI is InChI=1S/C15H14O2/c16-12-6-4-10(5-7-12)14-9-15(14)11-2-1-3-13(17)8-11/h1-8,14-17H,9H2. The number of aromatic hydroxyl groups is 2. The van der Waals surface area contributed by atoms with E-state index in [9.17, 15) is 10.2 Å². The molecule has 0 aromatic heterocycles. The Morgan fingerprint density at radius 2 is 1.47 bits per heavy atom. The first-order chi connectivity index (χ1) is 8.24. The Balaban J connectivity index is 1.80. The van der Waals surface area contributed by atoms with Crippen LogP contribution in [0.4, 0.5) is 0 Å². The molecule has 0 heterocycles. The van der Waals surface area contributed by atoms with Crippen LogP contribution in [0.25, 0.3) is 0 Å². The zero-order chi connectivity index (χ0) is 11.8. The van der Waals surface area contributed by atoms with Gasteiger partial charge in [-0.15, -0.1) is 0 Å². The average molecular weight is 226 g/mol. The highest BCUT2D eigenvalue weighted by Crippen LogP contribution is 2.54. The van der Waals surface area contributed by atoms with Gasteiger partial charge >= 0.3 is 0 Å². The summed E-state index contributed by atoms with van der Waals surface area (Å²) < 4.78 is 0. The van der Waals surface area contributed by atoms with Crippen LogP contribution in [0.5, 0.6) is 11.5 Å². The maximum Gasteiger partial charge on any atom is 0.115 e. The topological polar surface area (TPSA) is 40.5 Å². The first-order valence-corrected chi connectivity index (χ1v) is 5.82. The molecule has 2 heteroatoms. The predicted octanol–water partition coefficient (Wildman–Crippen LogP) is 3.37. The molecule has 1 aliphatic rings. The molecule has 2 aromatic rings. The molecule has 2 aromatic carbocycles. The number of phenolic OH excluding ortho intramolecular Hbond substituents is 2. The van der Waals surface area contributed by atoms with Crippen molar-refractivity contribution < 1.29 is 10.2 Å². The van der Waals surface area contributed by atoms with E-state index in [1.54, 1.807) is 18.2 Å². The Hall–Kier alpha value is -1.96. The van der Waals surface area contributed by atoms with Crippen molar-refractivity contribution in [1.29, 1.82) is 0 Å². The lowest BCUT2D eigenvalue weighted by molar-refractivity contribution is 0.474. The molecule has 0 saturated heterocycles. The number of benzene rings is 2. The van der Waals surface area contributed by atoms with Gasteiger partial charge in [0.2, 0.25) is 0 Å². The quantitative estimate of drug-likeness (QED) is 0.824. The lowest BCUT2D eigenvalue weighted by Crippen LogP contribution is -1.83. The summed E-state index contributed by atoms with van der Waals surface area (Å²) in [4.78, 5) is 0. The van der Waals surface area contributed by atoms with Gasteiger partial charge in [-0.3, -0.25) is 0 Å². The van der Waals surface area contributed by atoms with Crippen molar-refractivity contribution in [2.45, 2.75) is 18.3 Å². The number of hydrogen-bond acceptors (Lipinski definition) is 2. The van der Waals surface area contributed by atoms with E-state index in [0.29, 0.717) is 23.3 Å². The molecule has 1 fully saturated rings. The number of hydrogen-bond donors (Lipinski definition) is 2. The van der Waals surface area contributed by atoms with Gasteiger partial charge in [0.05, 0.1) is 0 Å². The van der Waals surface area contributed by atoms with Gasteiger partial charge in [-0.2, -0.15) is 0 Å². The van der Waals surface area contributed by atoms with E-state index in [1.165, 1.54) is 11.1 Å². The molecule has 0 spiro atoms. The van der Waals surface area contributed by atoms with Crippen LogP contribution in [0.15, 0.2) is 48.5 Å². The van der Waals surface area contributed by atoms with E-state index in [-0.39, 0.29) is 0 Å². The minimum Gasteiger partial charge on any atom is -0.508 e. The van der Waals surface area contributed by atoms with Crippen molar-refractivity contribution >= 4 is 0 Å². The maximum absolute atomic E-state index is 9.45. The summed E-state index contributed by atoms with van der Waals surface area (Å²) in [6.07, 6.45) is 1.12. The van der Waals surface area contributed by atoms with Crippen molar-refractivity contribution in [2.75, 3.05) is 0 Å². The van der Waals surface area contributed by atoms with Crippen LogP contribution in [0, 0.1) is 0 Å².